The van der Waals surface area contributed by atoms with E-state index < -0.39 is 10.0 Å². The van der Waals surface area contributed by atoms with Crippen molar-refractivity contribution in [1.29, 1.82) is 0 Å². The highest BCUT2D eigenvalue weighted by Gasteiger charge is 2.28. The lowest BCUT2D eigenvalue weighted by Gasteiger charge is -2.24. The maximum atomic E-state index is 12.5. The first kappa shape index (κ1) is 17.1. The molecule has 0 aliphatic carbocycles. The Morgan fingerprint density at radius 1 is 1.38 bits per heavy atom. The summed E-state index contributed by atoms with van der Waals surface area (Å²) in [5.74, 6) is -0.198. The number of amides is 1. The Hall–Kier alpha value is -1.75. The molecule has 1 aliphatic rings. The zero-order valence-corrected chi connectivity index (χ0v) is 14.6. The highest BCUT2D eigenvalue weighted by molar-refractivity contribution is 7.89. The smallest absolute Gasteiger partial charge is 0.262 e. The minimum absolute atomic E-state index is 0.0248. The zero-order valence-electron chi connectivity index (χ0n) is 12.9. The molecule has 2 aromatic heterocycles. The van der Waals surface area contributed by atoms with E-state index >= 15 is 0 Å². The summed E-state index contributed by atoms with van der Waals surface area (Å²) in [7, 11) is -3.63. The first-order chi connectivity index (χ1) is 11.6. The fourth-order valence-corrected chi connectivity index (χ4v) is 4.29. The fraction of sp³-hybridized carbons (Fsp3) is 0.429. The number of imidazole rings is 1. The summed E-state index contributed by atoms with van der Waals surface area (Å²) in [6.07, 6.45) is 2.74. The van der Waals surface area contributed by atoms with Crippen LogP contribution < -0.4 is 5.32 Å². The van der Waals surface area contributed by atoms with Crippen molar-refractivity contribution in [3.63, 3.8) is 0 Å². The van der Waals surface area contributed by atoms with Gasteiger partial charge in [-0.25, -0.2) is 13.4 Å². The zero-order chi connectivity index (χ0) is 17.0. The first-order valence-corrected chi connectivity index (χ1v) is 9.76. The van der Waals surface area contributed by atoms with E-state index in [2.05, 4.69) is 10.3 Å². The van der Waals surface area contributed by atoms with E-state index in [-0.39, 0.29) is 17.5 Å². The largest absolute Gasteiger partial charge is 0.379 e. The number of carbonyl (C=O) groups is 1. The standard InChI is InChI=1S/C14H18N4O4S2/c19-13(15-8-12-2-1-7-23-12)9-17-10-14(16-11-17)24(20,21)18-3-5-22-6-4-18/h1-2,7,10-11H,3-6,8-9H2,(H,15,19). The summed E-state index contributed by atoms with van der Waals surface area (Å²) in [5.41, 5.74) is 0. The van der Waals surface area contributed by atoms with Gasteiger partial charge in [0, 0.05) is 24.2 Å². The number of nitrogens with zero attached hydrogens (tertiary/aromatic N) is 3. The minimum atomic E-state index is -3.63. The molecule has 24 heavy (non-hydrogen) atoms. The number of sulfonamides is 1. The van der Waals surface area contributed by atoms with E-state index in [0.29, 0.717) is 32.8 Å². The lowest BCUT2D eigenvalue weighted by atomic mass is 10.4. The third kappa shape index (κ3) is 4.01. The van der Waals surface area contributed by atoms with Crippen LogP contribution in [0.15, 0.2) is 35.1 Å². The molecule has 0 unspecified atom stereocenters. The molecule has 1 N–H and O–H groups in total. The molecule has 1 fully saturated rings. The van der Waals surface area contributed by atoms with Crippen LogP contribution in [0.2, 0.25) is 0 Å². The number of nitrogens with one attached hydrogen (secondary N) is 1. The summed E-state index contributed by atoms with van der Waals surface area (Å²) in [4.78, 5) is 16.9. The first-order valence-electron chi connectivity index (χ1n) is 7.44. The van der Waals surface area contributed by atoms with Gasteiger partial charge in [-0.05, 0) is 11.4 Å². The SMILES string of the molecule is O=C(Cn1cnc(S(=O)(=O)N2CCOCC2)c1)NCc1cccs1. The molecule has 8 nitrogen and oxygen atoms in total. The highest BCUT2D eigenvalue weighted by Crippen LogP contribution is 2.15. The number of carbonyl (C=O) groups excluding carboxylic acids is 1. The maximum absolute atomic E-state index is 12.5. The molecule has 0 bridgehead atoms. The van der Waals surface area contributed by atoms with E-state index in [1.54, 1.807) is 11.3 Å². The van der Waals surface area contributed by atoms with Gasteiger partial charge in [0.15, 0.2) is 5.03 Å². The number of hydrogen-bond acceptors (Lipinski definition) is 6. The number of morpholine rings is 1. The fourth-order valence-electron chi connectivity index (χ4n) is 2.30. The van der Waals surface area contributed by atoms with E-state index in [1.807, 2.05) is 17.5 Å². The van der Waals surface area contributed by atoms with Gasteiger partial charge in [-0.1, -0.05) is 6.07 Å². The lowest BCUT2D eigenvalue weighted by molar-refractivity contribution is -0.121. The number of aromatic nitrogens is 2. The van der Waals surface area contributed by atoms with E-state index in [4.69, 9.17) is 4.74 Å². The number of ether oxygens (including phenoxy) is 1. The maximum Gasteiger partial charge on any atom is 0.262 e. The molecule has 3 rings (SSSR count). The number of rotatable bonds is 6. The van der Waals surface area contributed by atoms with E-state index in [1.165, 1.54) is 21.4 Å². The second-order valence-electron chi connectivity index (χ2n) is 5.26. The van der Waals surface area contributed by atoms with Crippen molar-refractivity contribution in [2.75, 3.05) is 26.3 Å². The van der Waals surface area contributed by atoms with Crippen LogP contribution >= 0.6 is 11.3 Å². The van der Waals surface area contributed by atoms with Crippen molar-refractivity contribution in [3.05, 3.63) is 34.9 Å². The molecule has 2 aromatic rings. The van der Waals surface area contributed by atoms with Gasteiger partial charge in [-0.15, -0.1) is 11.3 Å². The van der Waals surface area contributed by atoms with Gasteiger partial charge in [-0.3, -0.25) is 4.79 Å². The number of thiophene rings is 1. The molecule has 0 spiro atoms. The predicted molar refractivity (Wildman–Crippen MR) is 88.0 cm³/mol. The van der Waals surface area contributed by atoms with Gasteiger partial charge in [0.1, 0.15) is 6.54 Å². The van der Waals surface area contributed by atoms with Crippen molar-refractivity contribution in [3.8, 4) is 0 Å². The van der Waals surface area contributed by atoms with Gasteiger partial charge in [-0.2, -0.15) is 4.31 Å². The van der Waals surface area contributed by atoms with Crippen molar-refractivity contribution in [1.82, 2.24) is 19.2 Å². The molecule has 1 amide bonds. The summed E-state index contributed by atoms with van der Waals surface area (Å²) in [5, 5.41) is 4.69. The van der Waals surface area contributed by atoms with Crippen LogP contribution in [0.1, 0.15) is 4.88 Å². The predicted octanol–water partition coefficient (Wildman–Crippen LogP) is 0.282. The second-order valence-corrected chi connectivity index (χ2v) is 8.17. The molecule has 0 aromatic carbocycles. The van der Waals surface area contributed by atoms with Crippen LogP contribution in [0.4, 0.5) is 0 Å². The minimum Gasteiger partial charge on any atom is -0.379 e. The van der Waals surface area contributed by atoms with Crippen LogP contribution in [-0.2, 0) is 32.6 Å². The summed E-state index contributed by atoms with van der Waals surface area (Å²) < 4.78 is 32.9. The van der Waals surface area contributed by atoms with Gasteiger partial charge in [0.2, 0.25) is 5.91 Å². The van der Waals surface area contributed by atoms with Crippen LogP contribution in [-0.4, -0.2) is 54.5 Å². The van der Waals surface area contributed by atoms with Crippen LogP contribution in [0, 0.1) is 0 Å². The van der Waals surface area contributed by atoms with Gasteiger partial charge in [0.05, 0.1) is 26.1 Å². The summed E-state index contributed by atoms with van der Waals surface area (Å²) in [6.45, 7) is 1.88. The average Bonchev–Trinajstić information content (AvgIpc) is 3.26. The molecule has 0 saturated carbocycles. The van der Waals surface area contributed by atoms with Gasteiger partial charge in [0.25, 0.3) is 10.0 Å². The van der Waals surface area contributed by atoms with Crippen molar-refractivity contribution in [2.45, 2.75) is 18.1 Å². The molecule has 1 aliphatic heterocycles. The molecular formula is C14H18N4O4S2. The molecule has 0 radical (unpaired) electrons. The molecule has 130 valence electrons. The van der Waals surface area contributed by atoms with Gasteiger partial charge >= 0.3 is 0 Å². The van der Waals surface area contributed by atoms with Crippen LogP contribution in [0.25, 0.3) is 0 Å². The van der Waals surface area contributed by atoms with Crippen molar-refractivity contribution >= 4 is 27.3 Å². The van der Waals surface area contributed by atoms with Gasteiger partial charge < -0.3 is 14.6 Å². The Labute approximate surface area is 144 Å². The highest BCUT2D eigenvalue weighted by atomic mass is 32.2. The molecule has 1 saturated heterocycles. The quantitative estimate of drug-likeness (QED) is 0.788. The molecule has 0 atom stereocenters. The third-order valence-electron chi connectivity index (χ3n) is 3.55. The summed E-state index contributed by atoms with van der Waals surface area (Å²) in [6, 6.07) is 3.86. The Balaban J connectivity index is 1.59. The molecular weight excluding hydrogens is 352 g/mol. The molecule has 10 heteroatoms. The van der Waals surface area contributed by atoms with Crippen molar-refractivity contribution < 1.29 is 17.9 Å². The van der Waals surface area contributed by atoms with E-state index in [9.17, 15) is 13.2 Å². The monoisotopic (exact) mass is 370 g/mol. The Kier molecular flexibility index (Phi) is 5.29. The van der Waals surface area contributed by atoms with E-state index in [0.717, 1.165) is 4.88 Å². The Morgan fingerprint density at radius 2 is 2.17 bits per heavy atom. The Bertz CT molecular complexity index is 780. The topological polar surface area (TPSA) is 93.5 Å². The Morgan fingerprint density at radius 3 is 2.88 bits per heavy atom. The van der Waals surface area contributed by atoms with Crippen molar-refractivity contribution in [2.24, 2.45) is 0 Å². The number of hydrogen-bond donors (Lipinski definition) is 1. The molecule has 3 heterocycles. The second kappa shape index (κ2) is 7.43. The average molecular weight is 370 g/mol. The normalized spacial score (nSPS) is 16.2. The summed E-state index contributed by atoms with van der Waals surface area (Å²) >= 11 is 1.57. The third-order valence-corrected chi connectivity index (χ3v) is 6.21. The van der Waals surface area contributed by atoms with Crippen LogP contribution in [0.5, 0.6) is 0 Å². The lowest BCUT2D eigenvalue weighted by Crippen LogP contribution is -2.40. The van der Waals surface area contributed by atoms with Crippen LogP contribution in [0.3, 0.4) is 0 Å².